The minimum atomic E-state index is 0.00559. The van der Waals surface area contributed by atoms with Gasteiger partial charge in [0.2, 0.25) is 0 Å². The van der Waals surface area contributed by atoms with Crippen LogP contribution in [0.2, 0.25) is 0 Å². The molecule has 0 saturated heterocycles. The van der Waals surface area contributed by atoms with Gasteiger partial charge >= 0.3 is 0 Å². The van der Waals surface area contributed by atoms with Gasteiger partial charge in [-0.2, -0.15) is 0 Å². The van der Waals surface area contributed by atoms with E-state index in [1.807, 2.05) is 28.8 Å². The molecule has 1 aliphatic rings. The molecule has 0 aliphatic carbocycles. The lowest BCUT2D eigenvalue weighted by atomic mass is 9.96. The molecule has 1 aromatic carbocycles. The van der Waals surface area contributed by atoms with Gasteiger partial charge in [-0.3, -0.25) is 9.78 Å². The van der Waals surface area contributed by atoms with Crippen LogP contribution in [-0.4, -0.2) is 23.8 Å². The van der Waals surface area contributed by atoms with Crippen LogP contribution in [0.5, 0.6) is 11.5 Å². The number of methoxy groups -OCH3 is 2. The van der Waals surface area contributed by atoms with E-state index in [2.05, 4.69) is 4.98 Å². The first-order valence-electron chi connectivity index (χ1n) is 7.47. The van der Waals surface area contributed by atoms with E-state index in [0.717, 1.165) is 23.2 Å². The SMILES string of the molecule is COc1cc2c(cc1OC)-c1cc3ncccc3c(=O)n1CC2. The Labute approximate surface area is 133 Å². The monoisotopic (exact) mass is 308 g/mol. The van der Waals surface area contributed by atoms with Gasteiger partial charge in [0.15, 0.2) is 11.5 Å². The molecule has 23 heavy (non-hydrogen) atoms. The van der Waals surface area contributed by atoms with Crippen LogP contribution < -0.4 is 15.0 Å². The first-order valence-corrected chi connectivity index (χ1v) is 7.47. The molecule has 0 unspecified atom stereocenters. The van der Waals surface area contributed by atoms with Crippen LogP contribution in [0.4, 0.5) is 0 Å². The van der Waals surface area contributed by atoms with Crippen LogP contribution in [0.25, 0.3) is 22.2 Å². The first kappa shape index (κ1) is 13.8. The Balaban J connectivity index is 2.04. The van der Waals surface area contributed by atoms with Crippen LogP contribution in [0.1, 0.15) is 5.56 Å². The molecule has 0 spiro atoms. The Morgan fingerprint density at radius 1 is 1.13 bits per heavy atom. The summed E-state index contributed by atoms with van der Waals surface area (Å²) in [6, 6.07) is 9.52. The normalized spacial score (nSPS) is 12.6. The molecule has 0 atom stereocenters. The third-order valence-electron chi connectivity index (χ3n) is 4.37. The third kappa shape index (κ3) is 2.00. The maximum Gasteiger partial charge on any atom is 0.260 e. The van der Waals surface area contributed by atoms with Gasteiger partial charge in [0.1, 0.15) is 0 Å². The average molecular weight is 308 g/mol. The molecule has 2 aromatic heterocycles. The molecule has 4 rings (SSSR count). The van der Waals surface area contributed by atoms with Crippen LogP contribution in [0.3, 0.4) is 0 Å². The molecule has 0 saturated carbocycles. The van der Waals surface area contributed by atoms with Gasteiger partial charge in [0.25, 0.3) is 5.56 Å². The zero-order chi connectivity index (χ0) is 16.0. The number of rotatable bonds is 2. The standard InChI is InChI=1S/C18H16N2O3/c1-22-16-8-11-5-7-20-15(13(11)9-17(16)23-2)10-14-12(18(20)21)4-3-6-19-14/h3-4,6,8-10H,5,7H2,1-2H3. The van der Waals surface area contributed by atoms with E-state index >= 15 is 0 Å². The van der Waals surface area contributed by atoms with Crippen molar-refractivity contribution in [3.05, 3.63) is 52.4 Å². The number of aryl methyl sites for hydroxylation is 1. The summed E-state index contributed by atoms with van der Waals surface area (Å²) in [4.78, 5) is 17.1. The first-order chi connectivity index (χ1) is 11.2. The largest absolute Gasteiger partial charge is 0.493 e. The molecule has 3 aromatic rings. The van der Waals surface area contributed by atoms with Gasteiger partial charge in [-0.15, -0.1) is 0 Å². The summed E-state index contributed by atoms with van der Waals surface area (Å²) in [5.74, 6) is 1.37. The van der Waals surface area contributed by atoms with Gasteiger partial charge < -0.3 is 14.0 Å². The molecule has 3 heterocycles. The summed E-state index contributed by atoms with van der Waals surface area (Å²) in [5, 5.41) is 0.653. The summed E-state index contributed by atoms with van der Waals surface area (Å²) in [7, 11) is 3.24. The van der Waals surface area contributed by atoms with E-state index < -0.39 is 0 Å². The highest BCUT2D eigenvalue weighted by molar-refractivity contribution is 5.83. The summed E-state index contributed by atoms with van der Waals surface area (Å²) in [6.45, 7) is 0.654. The van der Waals surface area contributed by atoms with E-state index in [9.17, 15) is 4.79 Å². The maximum atomic E-state index is 12.7. The number of pyridine rings is 2. The fraction of sp³-hybridized carbons (Fsp3) is 0.222. The van der Waals surface area contributed by atoms with Crippen molar-refractivity contribution in [1.82, 2.24) is 9.55 Å². The van der Waals surface area contributed by atoms with Gasteiger partial charge in [0, 0.05) is 18.3 Å². The second-order valence-electron chi connectivity index (χ2n) is 5.54. The second kappa shape index (κ2) is 5.12. The molecule has 0 radical (unpaired) electrons. The number of nitrogens with zero attached hydrogens (tertiary/aromatic N) is 2. The number of benzene rings is 1. The molecule has 5 nitrogen and oxygen atoms in total. The van der Waals surface area contributed by atoms with E-state index in [-0.39, 0.29) is 5.56 Å². The minimum absolute atomic E-state index is 0.00559. The van der Waals surface area contributed by atoms with Crippen LogP contribution in [-0.2, 0) is 13.0 Å². The minimum Gasteiger partial charge on any atom is -0.493 e. The third-order valence-corrected chi connectivity index (χ3v) is 4.37. The quantitative estimate of drug-likeness (QED) is 0.730. The Bertz CT molecular complexity index is 976. The predicted molar refractivity (Wildman–Crippen MR) is 88.2 cm³/mol. The Hall–Kier alpha value is -2.82. The molecule has 1 aliphatic heterocycles. The van der Waals surface area contributed by atoms with Crippen molar-refractivity contribution in [2.45, 2.75) is 13.0 Å². The molecule has 0 bridgehead atoms. The highest BCUT2D eigenvalue weighted by Gasteiger charge is 2.21. The number of hydrogen-bond donors (Lipinski definition) is 0. The lowest BCUT2D eigenvalue weighted by Crippen LogP contribution is -2.26. The average Bonchev–Trinajstić information content (AvgIpc) is 2.60. The summed E-state index contributed by atoms with van der Waals surface area (Å²) < 4.78 is 12.6. The number of ether oxygens (including phenoxy) is 2. The number of fused-ring (bicyclic) bond motifs is 4. The molecular formula is C18H16N2O3. The highest BCUT2D eigenvalue weighted by Crippen LogP contribution is 2.38. The molecule has 5 heteroatoms. The second-order valence-corrected chi connectivity index (χ2v) is 5.54. The molecule has 116 valence electrons. The molecule has 0 fully saturated rings. The van der Waals surface area contributed by atoms with Crippen molar-refractivity contribution in [3.8, 4) is 22.8 Å². The van der Waals surface area contributed by atoms with E-state index in [1.165, 1.54) is 0 Å². The predicted octanol–water partition coefficient (Wildman–Crippen LogP) is 2.64. The Morgan fingerprint density at radius 2 is 1.91 bits per heavy atom. The highest BCUT2D eigenvalue weighted by atomic mass is 16.5. The van der Waals surface area contributed by atoms with Crippen LogP contribution in [0, 0.1) is 0 Å². The fourth-order valence-corrected chi connectivity index (χ4v) is 3.22. The Kier molecular flexibility index (Phi) is 3.08. The van der Waals surface area contributed by atoms with Crippen molar-refractivity contribution in [1.29, 1.82) is 0 Å². The topological polar surface area (TPSA) is 53.4 Å². The van der Waals surface area contributed by atoms with Crippen molar-refractivity contribution >= 4 is 10.9 Å². The van der Waals surface area contributed by atoms with E-state index in [4.69, 9.17) is 9.47 Å². The van der Waals surface area contributed by atoms with E-state index in [1.54, 1.807) is 26.5 Å². The summed E-state index contributed by atoms with van der Waals surface area (Å²) in [6.07, 6.45) is 2.49. The lowest BCUT2D eigenvalue weighted by Gasteiger charge is -2.23. The van der Waals surface area contributed by atoms with Crippen molar-refractivity contribution in [3.63, 3.8) is 0 Å². The van der Waals surface area contributed by atoms with Gasteiger partial charge in [-0.1, -0.05) is 0 Å². The molecule has 0 N–H and O–H groups in total. The molecular weight excluding hydrogens is 292 g/mol. The van der Waals surface area contributed by atoms with E-state index in [0.29, 0.717) is 28.9 Å². The van der Waals surface area contributed by atoms with Gasteiger partial charge in [-0.25, -0.2) is 0 Å². The molecule has 0 amide bonds. The summed E-state index contributed by atoms with van der Waals surface area (Å²) in [5.41, 5.74) is 3.75. The van der Waals surface area contributed by atoms with Crippen molar-refractivity contribution in [2.75, 3.05) is 14.2 Å². The van der Waals surface area contributed by atoms with Gasteiger partial charge in [0.05, 0.1) is 30.8 Å². The van der Waals surface area contributed by atoms with Crippen LogP contribution >= 0.6 is 0 Å². The maximum absolute atomic E-state index is 12.7. The zero-order valence-corrected chi connectivity index (χ0v) is 13.0. The number of hydrogen-bond acceptors (Lipinski definition) is 4. The summed E-state index contributed by atoms with van der Waals surface area (Å²) >= 11 is 0. The number of aromatic nitrogens is 2. The van der Waals surface area contributed by atoms with Crippen molar-refractivity contribution in [2.24, 2.45) is 0 Å². The van der Waals surface area contributed by atoms with Gasteiger partial charge in [-0.05, 0) is 42.3 Å². The Morgan fingerprint density at radius 3 is 2.70 bits per heavy atom. The zero-order valence-electron chi connectivity index (χ0n) is 13.0. The smallest absolute Gasteiger partial charge is 0.260 e. The lowest BCUT2D eigenvalue weighted by molar-refractivity contribution is 0.354. The van der Waals surface area contributed by atoms with Crippen molar-refractivity contribution < 1.29 is 9.47 Å². The fourth-order valence-electron chi connectivity index (χ4n) is 3.22. The van der Waals surface area contributed by atoms with Crippen LogP contribution in [0.15, 0.2) is 41.3 Å².